The number of hydrogen-bond acceptors (Lipinski definition) is 8. The van der Waals surface area contributed by atoms with Crippen molar-refractivity contribution >= 4 is 37.6 Å². The Balaban J connectivity index is 1.37. The zero-order valence-corrected chi connectivity index (χ0v) is 26.7. The smallest absolute Gasteiger partial charge is 0.414 e. The van der Waals surface area contributed by atoms with Gasteiger partial charge in [0.05, 0.1) is 51.1 Å². The summed E-state index contributed by atoms with van der Waals surface area (Å²) in [5.74, 6) is -0.257. The van der Waals surface area contributed by atoms with Gasteiger partial charge in [0, 0.05) is 29.3 Å². The van der Waals surface area contributed by atoms with Gasteiger partial charge < -0.3 is 33.9 Å². The number of aliphatic hydroxyl groups excluding tert-OH is 1. The Kier molecular flexibility index (Phi) is 7.97. The van der Waals surface area contributed by atoms with Crippen LogP contribution in [0, 0.1) is 5.92 Å². The molecule has 6 rings (SSSR count). The maximum atomic E-state index is 14.7. The number of carbonyl (C=O) groups excluding carboxylic acids is 3. The number of carbonyl (C=O) groups is 3. The number of benzene rings is 2. The van der Waals surface area contributed by atoms with Gasteiger partial charge in [0.1, 0.15) is 12.4 Å². The highest BCUT2D eigenvalue weighted by Crippen LogP contribution is 2.60. The number of cyclic esters (lactones) is 1. The minimum Gasteiger partial charge on any atom is -0.497 e. The first-order chi connectivity index (χ1) is 21.0. The Morgan fingerprint density at radius 1 is 1.16 bits per heavy atom. The Morgan fingerprint density at radius 2 is 1.95 bits per heavy atom. The second kappa shape index (κ2) is 11.5. The van der Waals surface area contributed by atoms with E-state index in [0.29, 0.717) is 42.4 Å². The molecule has 0 radical (unpaired) electrons. The van der Waals surface area contributed by atoms with Gasteiger partial charge in [-0.25, -0.2) is 4.79 Å². The van der Waals surface area contributed by atoms with Crippen LogP contribution in [-0.4, -0.2) is 86.6 Å². The molecule has 3 saturated heterocycles. The Morgan fingerprint density at radius 3 is 2.64 bits per heavy atom. The molecule has 4 aliphatic rings. The maximum absolute atomic E-state index is 14.7. The second-order valence-corrected chi connectivity index (χ2v) is 16.8. The van der Waals surface area contributed by atoms with Gasteiger partial charge >= 0.3 is 6.09 Å². The van der Waals surface area contributed by atoms with Crippen molar-refractivity contribution in [2.45, 2.75) is 69.1 Å². The minimum absolute atomic E-state index is 0.0187. The summed E-state index contributed by atoms with van der Waals surface area (Å²) >= 11 is 0. The monoisotopic (exact) mass is 623 g/mol. The predicted octanol–water partition coefficient (Wildman–Crippen LogP) is 3.37. The van der Waals surface area contributed by atoms with E-state index in [-0.39, 0.29) is 37.4 Å². The van der Waals surface area contributed by atoms with E-state index in [1.54, 1.807) is 27.9 Å². The van der Waals surface area contributed by atoms with Gasteiger partial charge in [0.2, 0.25) is 5.91 Å². The SMILES string of the molecule is COc1ccc2c(c1)[C@]1(O[C@@H](CC(=O)N3CCC[C@H]3CO)[C@H]([Si](C)(C)O)[C@H]1C)C(=O)N2Cc1cccc(N2CCOC2=O)c1. The van der Waals surface area contributed by atoms with Crippen LogP contribution in [0.3, 0.4) is 0 Å². The molecule has 4 aliphatic heterocycles. The van der Waals surface area contributed by atoms with E-state index in [1.807, 2.05) is 56.4 Å². The lowest BCUT2D eigenvalue weighted by molar-refractivity contribution is -0.150. The number of rotatable bonds is 8. The second-order valence-electron chi connectivity index (χ2n) is 12.8. The molecule has 5 atom stereocenters. The third-order valence-corrected chi connectivity index (χ3v) is 12.3. The minimum atomic E-state index is -2.97. The normalized spacial score (nSPS) is 28.3. The van der Waals surface area contributed by atoms with Crippen molar-refractivity contribution in [1.82, 2.24) is 4.90 Å². The number of methoxy groups -OCH3 is 1. The summed E-state index contributed by atoms with van der Waals surface area (Å²) in [5, 5.41) is 9.83. The number of hydrogen-bond donors (Lipinski definition) is 2. The largest absolute Gasteiger partial charge is 0.497 e. The van der Waals surface area contributed by atoms with Crippen molar-refractivity contribution in [1.29, 1.82) is 0 Å². The number of amides is 3. The van der Waals surface area contributed by atoms with E-state index in [2.05, 4.69) is 0 Å². The molecular formula is C32H41N3O8Si. The highest BCUT2D eigenvalue weighted by molar-refractivity contribution is 6.71. The molecule has 0 aliphatic carbocycles. The number of aliphatic hydroxyl groups is 1. The molecule has 1 spiro atoms. The summed E-state index contributed by atoms with van der Waals surface area (Å²) in [6.45, 7) is 7.10. The standard InChI is InChI=1S/C32H41N3O8Si/c1-20-29(44(3,4)40)27(17-28(37)33-12-6-9-23(33)19-36)43-32(20)25-16-24(41-2)10-11-26(25)35(30(32)38)18-21-7-5-8-22(15-21)34-13-14-42-31(34)39/h5,7-8,10-11,15-16,20,23,27,29,36,40H,6,9,12-14,17-19H2,1-4H3/t20-,23+,27+,29-,32+/m1/s1. The molecule has 11 nitrogen and oxygen atoms in total. The van der Waals surface area contributed by atoms with Crippen molar-refractivity contribution in [3.8, 4) is 5.75 Å². The van der Waals surface area contributed by atoms with Crippen molar-refractivity contribution in [2.75, 3.05) is 43.2 Å². The summed E-state index contributed by atoms with van der Waals surface area (Å²) in [5.41, 5.74) is 1.02. The third-order valence-electron chi connectivity index (χ3n) is 9.80. The van der Waals surface area contributed by atoms with E-state index in [0.717, 1.165) is 18.4 Å². The van der Waals surface area contributed by atoms with Gasteiger partial charge in [0.25, 0.3) is 5.91 Å². The lowest BCUT2D eigenvalue weighted by Gasteiger charge is -2.33. The zero-order valence-electron chi connectivity index (χ0n) is 25.7. The van der Waals surface area contributed by atoms with Crippen LogP contribution in [0.2, 0.25) is 18.6 Å². The first-order valence-electron chi connectivity index (χ1n) is 15.3. The first-order valence-corrected chi connectivity index (χ1v) is 18.4. The van der Waals surface area contributed by atoms with E-state index in [4.69, 9.17) is 14.2 Å². The Hall–Kier alpha value is -3.45. The van der Waals surface area contributed by atoms with Crippen LogP contribution in [0.4, 0.5) is 16.2 Å². The van der Waals surface area contributed by atoms with Crippen LogP contribution in [-0.2, 0) is 31.2 Å². The number of anilines is 2. The van der Waals surface area contributed by atoms with Crippen molar-refractivity contribution in [2.24, 2.45) is 5.92 Å². The number of likely N-dealkylation sites (tertiary alicyclic amines) is 1. The zero-order chi connectivity index (χ0) is 31.4. The van der Waals surface area contributed by atoms with E-state index >= 15 is 0 Å². The van der Waals surface area contributed by atoms with Crippen molar-refractivity contribution in [3.63, 3.8) is 0 Å². The summed E-state index contributed by atoms with van der Waals surface area (Å²) in [6.07, 6.45) is 0.513. The molecule has 2 aromatic carbocycles. The molecule has 2 aromatic rings. The van der Waals surface area contributed by atoms with Crippen molar-refractivity contribution in [3.05, 3.63) is 53.6 Å². The lowest BCUT2D eigenvalue weighted by atomic mass is 9.82. The molecule has 0 unspecified atom stereocenters. The molecule has 44 heavy (non-hydrogen) atoms. The molecule has 0 saturated carbocycles. The highest BCUT2D eigenvalue weighted by Gasteiger charge is 2.66. The quantitative estimate of drug-likeness (QED) is 0.429. The van der Waals surface area contributed by atoms with Gasteiger partial charge in [-0.1, -0.05) is 19.1 Å². The molecule has 0 bridgehead atoms. The van der Waals surface area contributed by atoms with E-state index in [9.17, 15) is 24.3 Å². The van der Waals surface area contributed by atoms with E-state index in [1.165, 1.54) is 0 Å². The van der Waals surface area contributed by atoms with Crippen LogP contribution in [0.1, 0.15) is 37.3 Å². The summed E-state index contributed by atoms with van der Waals surface area (Å²) in [7, 11) is -1.40. The molecular weight excluding hydrogens is 582 g/mol. The summed E-state index contributed by atoms with van der Waals surface area (Å²) in [4.78, 5) is 57.1. The topological polar surface area (TPSA) is 129 Å². The highest BCUT2D eigenvalue weighted by atomic mass is 28.4. The predicted molar refractivity (Wildman–Crippen MR) is 165 cm³/mol. The van der Waals surface area contributed by atoms with Crippen molar-refractivity contribution < 1.29 is 38.5 Å². The molecule has 3 amide bonds. The molecule has 236 valence electrons. The van der Waals surface area contributed by atoms with Gasteiger partial charge in [-0.05, 0) is 61.8 Å². The molecule has 3 fully saturated rings. The van der Waals surface area contributed by atoms with Gasteiger partial charge in [-0.15, -0.1) is 0 Å². The van der Waals surface area contributed by atoms with Crippen LogP contribution >= 0.6 is 0 Å². The number of nitrogens with zero attached hydrogens (tertiary/aromatic N) is 3. The van der Waals surface area contributed by atoms with Gasteiger partial charge in [-0.2, -0.15) is 0 Å². The molecule has 2 N–H and O–H groups in total. The lowest BCUT2D eigenvalue weighted by Crippen LogP contribution is -2.46. The van der Waals surface area contributed by atoms with Crippen LogP contribution in [0.15, 0.2) is 42.5 Å². The first kappa shape index (κ1) is 30.6. The average molecular weight is 624 g/mol. The fourth-order valence-corrected chi connectivity index (χ4v) is 10.4. The molecule has 12 heteroatoms. The summed E-state index contributed by atoms with van der Waals surface area (Å²) in [6, 6.07) is 12.7. The Bertz CT molecular complexity index is 1460. The van der Waals surface area contributed by atoms with Gasteiger partial charge in [-0.3, -0.25) is 14.5 Å². The number of fused-ring (bicyclic) bond motifs is 2. The van der Waals surface area contributed by atoms with Crippen LogP contribution < -0.4 is 14.5 Å². The fraction of sp³-hybridized carbons (Fsp3) is 0.531. The summed E-state index contributed by atoms with van der Waals surface area (Å²) < 4.78 is 17.5. The molecule has 4 heterocycles. The average Bonchev–Trinajstić information content (AvgIpc) is 3.76. The van der Waals surface area contributed by atoms with Crippen LogP contribution in [0.5, 0.6) is 5.75 Å². The van der Waals surface area contributed by atoms with E-state index < -0.39 is 37.6 Å². The third kappa shape index (κ3) is 4.97. The molecule has 0 aromatic heterocycles. The fourth-order valence-electron chi connectivity index (χ4n) is 7.82. The number of ether oxygens (including phenoxy) is 3. The van der Waals surface area contributed by atoms with Gasteiger partial charge in [0.15, 0.2) is 13.9 Å². The Labute approximate surface area is 258 Å². The van der Waals surface area contributed by atoms with Crippen LogP contribution in [0.25, 0.3) is 0 Å². The maximum Gasteiger partial charge on any atom is 0.414 e.